The van der Waals surface area contributed by atoms with Crippen LogP contribution in [0.1, 0.15) is 70.3 Å². The Bertz CT molecular complexity index is 1320. The number of allylic oxidation sites excluding steroid dienone is 1. The van der Waals surface area contributed by atoms with Crippen LogP contribution in [0.3, 0.4) is 0 Å². The van der Waals surface area contributed by atoms with Crippen LogP contribution in [0, 0.1) is 5.92 Å². The molecule has 1 saturated heterocycles. The molecule has 0 spiro atoms. The smallest absolute Gasteiger partial charge is 0.411 e. The quantitative estimate of drug-likeness (QED) is 0.323. The molecular weight excluding hydrogens is 562 g/mol. The number of nitrogens with zero attached hydrogens (tertiary/aromatic N) is 2. The Balaban J connectivity index is 1.93. The molecule has 2 aromatic carbocycles. The zero-order chi connectivity index (χ0) is 32.4. The van der Waals surface area contributed by atoms with Gasteiger partial charge in [0.1, 0.15) is 29.2 Å². The van der Waals surface area contributed by atoms with Gasteiger partial charge in [-0.15, -0.1) is 0 Å². The Kier molecular flexibility index (Phi) is 12.0. The standard InChI is InChI=1S/C34H45N3O7/c1-8-18-36(21-24-13-11-10-12-14-24)32(40)29(23(3)9-2)35-31(39)30-28(17-19-37(30)33(41)44-34(4,5)6)43-26-15-16-27(42-7)25(20-26)22-38/h8,10-16,18,20,22-23,28-30H,9,17,19,21H2,1-7H3,(H,35,39)/b18-8+/t23-,28-,29-,30-/m0/s1. The van der Waals surface area contributed by atoms with Gasteiger partial charge in [0.15, 0.2) is 12.3 Å². The molecule has 2 aromatic rings. The molecule has 3 amide bonds. The number of rotatable bonds is 12. The van der Waals surface area contributed by atoms with Crippen molar-refractivity contribution in [2.75, 3.05) is 13.7 Å². The van der Waals surface area contributed by atoms with Gasteiger partial charge >= 0.3 is 6.09 Å². The van der Waals surface area contributed by atoms with E-state index < -0.39 is 35.8 Å². The Morgan fingerprint density at radius 1 is 1.14 bits per heavy atom. The highest BCUT2D eigenvalue weighted by Crippen LogP contribution is 2.29. The van der Waals surface area contributed by atoms with Crippen molar-refractivity contribution in [3.63, 3.8) is 0 Å². The summed E-state index contributed by atoms with van der Waals surface area (Å²) in [6.45, 7) is 11.5. The minimum absolute atomic E-state index is 0.203. The third kappa shape index (κ3) is 8.84. The lowest BCUT2D eigenvalue weighted by Gasteiger charge is -2.33. The molecule has 10 heteroatoms. The summed E-state index contributed by atoms with van der Waals surface area (Å²) in [4.78, 5) is 55.9. The Labute approximate surface area is 260 Å². The Morgan fingerprint density at radius 2 is 1.84 bits per heavy atom. The van der Waals surface area contributed by atoms with Gasteiger partial charge in [0, 0.05) is 19.2 Å². The first-order valence-corrected chi connectivity index (χ1v) is 15.0. The van der Waals surface area contributed by atoms with Gasteiger partial charge in [-0.2, -0.15) is 0 Å². The van der Waals surface area contributed by atoms with Crippen molar-refractivity contribution in [1.82, 2.24) is 15.1 Å². The summed E-state index contributed by atoms with van der Waals surface area (Å²) < 4.78 is 17.1. The van der Waals surface area contributed by atoms with E-state index >= 15 is 0 Å². The molecule has 0 saturated carbocycles. The van der Waals surface area contributed by atoms with Crippen molar-refractivity contribution in [3.8, 4) is 11.5 Å². The highest BCUT2D eigenvalue weighted by Gasteiger charge is 2.46. The fourth-order valence-electron chi connectivity index (χ4n) is 5.04. The molecule has 1 fully saturated rings. The SMILES string of the molecule is C/C=C/N(Cc1ccccc1)C(=O)[C@@H](NC(=O)[C@@H]1[C@@H](Oc2ccc(OC)c(C=O)c2)CCN1C(=O)OC(C)(C)C)[C@@H](C)CC. The van der Waals surface area contributed by atoms with Crippen LogP contribution < -0.4 is 14.8 Å². The third-order valence-electron chi connectivity index (χ3n) is 7.44. The summed E-state index contributed by atoms with van der Waals surface area (Å²) in [6, 6.07) is 12.4. The number of amides is 3. The molecule has 10 nitrogen and oxygen atoms in total. The summed E-state index contributed by atoms with van der Waals surface area (Å²) in [6.07, 6.45) is 3.69. The van der Waals surface area contributed by atoms with Gasteiger partial charge in [0.2, 0.25) is 11.8 Å². The highest BCUT2D eigenvalue weighted by molar-refractivity contribution is 5.92. The van der Waals surface area contributed by atoms with Crippen molar-refractivity contribution >= 4 is 24.2 Å². The van der Waals surface area contributed by atoms with Crippen molar-refractivity contribution in [2.45, 2.75) is 84.7 Å². The monoisotopic (exact) mass is 607 g/mol. The molecule has 0 unspecified atom stereocenters. The van der Waals surface area contributed by atoms with E-state index in [-0.39, 0.29) is 23.9 Å². The lowest BCUT2D eigenvalue weighted by atomic mass is 9.96. The minimum Gasteiger partial charge on any atom is -0.496 e. The van der Waals surface area contributed by atoms with Crippen molar-refractivity contribution in [2.24, 2.45) is 5.92 Å². The van der Waals surface area contributed by atoms with Gasteiger partial charge in [-0.05, 0) is 57.4 Å². The number of carbonyl (C=O) groups excluding carboxylic acids is 4. The van der Waals surface area contributed by atoms with Crippen LogP contribution in [0.2, 0.25) is 0 Å². The molecule has 1 N–H and O–H groups in total. The van der Waals surface area contributed by atoms with Crippen LogP contribution in [0.15, 0.2) is 60.8 Å². The van der Waals surface area contributed by atoms with Crippen molar-refractivity contribution < 1.29 is 33.4 Å². The molecule has 3 rings (SSSR count). The largest absolute Gasteiger partial charge is 0.496 e. The highest BCUT2D eigenvalue weighted by atomic mass is 16.6. The number of hydrogen-bond donors (Lipinski definition) is 1. The minimum atomic E-state index is -1.09. The normalized spacial score (nSPS) is 17.9. The lowest BCUT2D eigenvalue weighted by Crippen LogP contribution is -2.58. The van der Waals surface area contributed by atoms with Crippen molar-refractivity contribution in [1.29, 1.82) is 0 Å². The molecule has 44 heavy (non-hydrogen) atoms. The molecular formula is C34H45N3O7. The topological polar surface area (TPSA) is 114 Å². The van der Waals surface area contributed by atoms with Gasteiger partial charge < -0.3 is 24.4 Å². The molecule has 0 aliphatic carbocycles. The summed E-state index contributed by atoms with van der Waals surface area (Å²) in [5.74, 6) is -0.263. The average Bonchev–Trinajstić information content (AvgIpc) is 3.42. The first kappa shape index (κ1) is 34.2. The van der Waals surface area contributed by atoms with E-state index in [0.29, 0.717) is 37.2 Å². The van der Waals surface area contributed by atoms with Gasteiger partial charge in [-0.1, -0.05) is 56.7 Å². The van der Waals surface area contributed by atoms with Crippen LogP contribution in [0.4, 0.5) is 4.79 Å². The van der Waals surface area contributed by atoms with Gasteiger partial charge in [-0.3, -0.25) is 19.3 Å². The Hall–Kier alpha value is -4.34. The van der Waals surface area contributed by atoms with Crippen molar-refractivity contribution in [3.05, 3.63) is 71.9 Å². The number of methoxy groups -OCH3 is 1. The van der Waals surface area contributed by atoms with Crippen LogP contribution in [-0.4, -0.2) is 71.4 Å². The summed E-state index contributed by atoms with van der Waals surface area (Å²) in [5, 5.41) is 2.97. The van der Waals surface area contributed by atoms with E-state index in [4.69, 9.17) is 14.2 Å². The molecule has 4 atom stereocenters. The fourth-order valence-corrected chi connectivity index (χ4v) is 5.04. The van der Waals surface area contributed by atoms with Crippen LogP contribution in [0.25, 0.3) is 0 Å². The number of hydrogen-bond acceptors (Lipinski definition) is 7. The summed E-state index contributed by atoms with van der Waals surface area (Å²) in [5.41, 5.74) is 0.451. The summed E-state index contributed by atoms with van der Waals surface area (Å²) >= 11 is 0. The van der Waals surface area contributed by atoms with E-state index in [1.54, 1.807) is 50.1 Å². The van der Waals surface area contributed by atoms with Crippen LogP contribution in [0.5, 0.6) is 11.5 Å². The maximum Gasteiger partial charge on any atom is 0.411 e. The molecule has 0 aromatic heterocycles. The van der Waals surface area contributed by atoms with E-state index in [0.717, 1.165) is 5.56 Å². The second kappa shape index (κ2) is 15.4. The van der Waals surface area contributed by atoms with Crippen LogP contribution >= 0.6 is 0 Å². The number of nitrogens with one attached hydrogen (secondary N) is 1. The molecule has 0 radical (unpaired) electrons. The Morgan fingerprint density at radius 3 is 2.43 bits per heavy atom. The zero-order valence-electron chi connectivity index (χ0n) is 26.7. The lowest BCUT2D eigenvalue weighted by molar-refractivity contribution is -0.138. The third-order valence-corrected chi connectivity index (χ3v) is 7.44. The average molecular weight is 608 g/mol. The fraction of sp³-hybridized carbons (Fsp3) is 0.471. The first-order valence-electron chi connectivity index (χ1n) is 15.0. The zero-order valence-corrected chi connectivity index (χ0v) is 26.7. The number of ether oxygens (including phenoxy) is 3. The second-order valence-electron chi connectivity index (χ2n) is 11.9. The maximum atomic E-state index is 14.1. The number of aldehydes is 1. The number of benzene rings is 2. The van der Waals surface area contributed by atoms with E-state index in [1.165, 1.54) is 18.1 Å². The number of likely N-dealkylation sites (tertiary alicyclic amines) is 1. The molecule has 1 aliphatic rings. The summed E-state index contributed by atoms with van der Waals surface area (Å²) in [7, 11) is 1.46. The molecule has 1 aliphatic heterocycles. The van der Waals surface area contributed by atoms with Gasteiger partial charge in [0.05, 0.1) is 19.2 Å². The second-order valence-corrected chi connectivity index (χ2v) is 11.9. The van der Waals surface area contributed by atoms with E-state index in [9.17, 15) is 19.2 Å². The molecule has 0 bridgehead atoms. The van der Waals surface area contributed by atoms with Crippen LogP contribution in [-0.2, 0) is 20.9 Å². The predicted octanol–water partition coefficient (Wildman–Crippen LogP) is 5.36. The first-order chi connectivity index (χ1) is 20.9. The number of carbonyl (C=O) groups is 4. The molecule has 238 valence electrons. The van der Waals surface area contributed by atoms with Gasteiger partial charge in [-0.25, -0.2) is 4.79 Å². The molecule has 1 heterocycles. The van der Waals surface area contributed by atoms with Gasteiger partial charge in [0.25, 0.3) is 0 Å². The maximum absolute atomic E-state index is 14.1. The van der Waals surface area contributed by atoms with E-state index in [1.807, 2.05) is 51.1 Å². The predicted molar refractivity (Wildman–Crippen MR) is 167 cm³/mol. The van der Waals surface area contributed by atoms with E-state index in [2.05, 4.69) is 5.32 Å².